The van der Waals surface area contributed by atoms with Gasteiger partial charge in [-0.3, -0.25) is 9.59 Å². The van der Waals surface area contributed by atoms with Crippen molar-refractivity contribution in [1.82, 2.24) is 20.1 Å². The number of anilines is 1. The van der Waals surface area contributed by atoms with Gasteiger partial charge in [-0.15, -0.1) is 0 Å². The number of hydrogen-bond donors (Lipinski definition) is 1. The van der Waals surface area contributed by atoms with Gasteiger partial charge < -0.3 is 9.80 Å². The highest BCUT2D eigenvalue weighted by atomic mass is 19.3. The van der Waals surface area contributed by atoms with E-state index < -0.39 is 6.43 Å². The van der Waals surface area contributed by atoms with Gasteiger partial charge in [-0.25, -0.2) is 18.9 Å². The van der Waals surface area contributed by atoms with E-state index in [2.05, 4.69) is 20.1 Å². The van der Waals surface area contributed by atoms with E-state index in [9.17, 15) is 18.4 Å². The Bertz CT molecular complexity index is 1200. The summed E-state index contributed by atoms with van der Waals surface area (Å²) in [6.07, 6.45) is 2.26. The monoisotopic (exact) mass is 453 g/mol. The smallest absolute Gasteiger partial charge is 0.272 e. The van der Waals surface area contributed by atoms with E-state index in [1.165, 1.54) is 12.3 Å². The van der Waals surface area contributed by atoms with Crippen molar-refractivity contribution in [2.75, 3.05) is 18.0 Å². The van der Waals surface area contributed by atoms with E-state index in [4.69, 9.17) is 0 Å². The summed E-state index contributed by atoms with van der Waals surface area (Å²) >= 11 is 0. The maximum Gasteiger partial charge on any atom is 0.272 e. The number of carbonyl (C=O) groups excluding carboxylic acids is 1. The van der Waals surface area contributed by atoms with Crippen LogP contribution in [0.15, 0.2) is 47.4 Å². The SMILES string of the molecule is O=C(CCCc1n[nH]c(=O)c2ccccc12)N1C2CCC1CN(c1ccc(C(F)F)cn1)C2. The first-order valence-corrected chi connectivity index (χ1v) is 11.3. The zero-order chi connectivity index (χ0) is 22.9. The van der Waals surface area contributed by atoms with Crippen LogP contribution in [0, 0.1) is 0 Å². The van der Waals surface area contributed by atoms with Gasteiger partial charge in [0.25, 0.3) is 12.0 Å². The van der Waals surface area contributed by atoms with E-state index in [1.807, 2.05) is 23.1 Å². The summed E-state index contributed by atoms with van der Waals surface area (Å²) < 4.78 is 25.6. The summed E-state index contributed by atoms with van der Waals surface area (Å²) in [5.74, 6) is 0.816. The van der Waals surface area contributed by atoms with Crippen LogP contribution in [0.4, 0.5) is 14.6 Å². The van der Waals surface area contributed by atoms with Crippen molar-refractivity contribution in [3.63, 3.8) is 0 Å². The number of aromatic nitrogens is 3. The number of nitrogens with zero attached hydrogens (tertiary/aromatic N) is 4. The summed E-state index contributed by atoms with van der Waals surface area (Å²) in [4.78, 5) is 33.3. The van der Waals surface area contributed by atoms with Gasteiger partial charge in [-0.05, 0) is 43.9 Å². The lowest BCUT2D eigenvalue weighted by molar-refractivity contribution is -0.134. The first kappa shape index (κ1) is 21.5. The number of piperazine rings is 1. The zero-order valence-electron chi connectivity index (χ0n) is 18.1. The standard InChI is InChI=1S/C24H25F2N5O2/c25-23(26)15-8-11-21(27-12-15)30-13-16-9-10-17(14-30)31(16)22(32)7-3-6-20-18-4-1-2-5-19(18)24(33)29-28-20/h1-2,4-5,8,11-12,16-17,23H,3,6-7,9-10,13-14H2,(H,29,33). The maximum absolute atomic E-state index is 13.1. The molecule has 172 valence electrons. The molecule has 1 N–H and O–H groups in total. The number of aryl methyl sites for hydroxylation is 1. The highest BCUT2D eigenvalue weighted by Crippen LogP contribution is 2.33. The second-order valence-corrected chi connectivity index (χ2v) is 8.74. The molecule has 2 atom stereocenters. The van der Waals surface area contributed by atoms with Crippen LogP contribution in [0.5, 0.6) is 0 Å². The summed E-state index contributed by atoms with van der Waals surface area (Å²) in [6, 6.07) is 10.6. The fourth-order valence-corrected chi connectivity index (χ4v) is 5.11. The lowest BCUT2D eigenvalue weighted by atomic mass is 10.1. The molecule has 0 aliphatic carbocycles. The lowest BCUT2D eigenvalue weighted by Gasteiger charge is -2.41. The largest absolute Gasteiger partial charge is 0.352 e. The van der Waals surface area contributed by atoms with Gasteiger partial charge in [0.15, 0.2) is 0 Å². The number of fused-ring (bicyclic) bond motifs is 3. The normalized spacial score (nSPS) is 20.1. The quantitative estimate of drug-likeness (QED) is 0.618. The molecule has 9 heteroatoms. The van der Waals surface area contributed by atoms with Crippen LogP contribution in [-0.4, -0.2) is 51.2 Å². The molecule has 2 fully saturated rings. The minimum Gasteiger partial charge on any atom is -0.352 e. The molecule has 1 aromatic carbocycles. The van der Waals surface area contributed by atoms with E-state index >= 15 is 0 Å². The molecule has 3 aromatic rings. The molecule has 0 spiro atoms. The van der Waals surface area contributed by atoms with Gasteiger partial charge in [-0.1, -0.05) is 18.2 Å². The number of H-pyrrole nitrogens is 1. The molecule has 33 heavy (non-hydrogen) atoms. The average molecular weight is 453 g/mol. The number of hydrogen-bond acceptors (Lipinski definition) is 5. The highest BCUT2D eigenvalue weighted by molar-refractivity contribution is 5.83. The third kappa shape index (κ3) is 4.19. The number of rotatable bonds is 6. The molecule has 2 unspecified atom stereocenters. The molecular weight excluding hydrogens is 428 g/mol. The summed E-state index contributed by atoms with van der Waals surface area (Å²) in [7, 11) is 0. The first-order chi connectivity index (χ1) is 16.0. The topological polar surface area (TPSA) is 82.2 Å². The Hall–Kier alpha value is -3.36. The fraction of sp³-hybridized carbons (Fsp3) is 0.417. The van der Waals surface area contributed by atoms with Crippen LogP contribution >= 0.6 is 0 Å². The van der Waals surface area contributed by atoms with Gasteiger partial charge in [0, 0.05) is 48.7 Å². The minimum absolute atomic E-state index is 0.0831. The number of carbonyl (C=O) groups is 1. The molecule has 4 heterocycles. The van der Waals surface area contributed by atoms with Gasteiger partial charge in [0.2, 0.25) is 5.91 Å². The molecule has 0 radical (unpaired) electrons. The molecule has 5 rings (SSSR count). The van der Waals surface area contributed by atoms with Gasteiger partial charge in [-0.2, -0.15) is 5.10 Å². The molecule has 2 aliphatic rings. The van der Waals surface area contributed by atoms with Crippen LogP contribution in [0.2, 0.25) is 0 Å². The number of amides is 1. The Morgan fingerprint density at radius 3 is 2.48 bits per heavy atom. The molecule has 2 bridgehead atoms. The number of alkyl halides is 2. The Morgan fingerprint density at radius 2 is 1.82 bits per heavy atom. The van der Waals surface area contributed by atoms with Gasteiger partial charge in [0.1, 0.15) is 5.82 Å². The third-order valence-corrected chi connectivity index (χ3v) is 6.70. The number of halogens is 2. The lowest BCUT2D eigenvalue weighted by Crippen LogP contribution is -2.56. The maximum atomic E-state index is 13.1. The average Bonchev–Trinajstić information content (AvgIpc) is 3.10. The van der Waals surface area contributed by atoms with Crippen LogP contribution < -0.4 is 10.5 Å². The number of aromatic amines is 1. The summed E-state index contributed by atoms with van der Waals surface area (Å²) in [5.41, 5.74) is 0.502. The number of benzene rings is 1. The highest BCUT2D eigenvalue weighted by Gasteiger charge is 2.42. The molecule has 7 nitrogen and oxygen atoms in total. The van der Waals surface area contributed by atoms with Crippen molar-refractivity contribution in [1.29, 1.82) is 0 Å². The van der Waals surface area contributed by atoms with Crippen molar-refractivity contribution in [3.8, 4) is 0 Å². The number of pyridine rings is 1. The van der Waals surface area contributed by atoms with E-state index in [0.29, 0.717) is 43.6 Å². The molecular formula is C24H25F2N5O2. The van der Waals surface area contributed by atoms with Crippen molar-refractivity contribution >= 4 is 22.5 Å². The molecule has 2 saturated heterocycles. The van der Waals surface area contributed by atoms with Crippen molar-refractivity contribution in [3.05, 3.63) is 64.2 Å². The second kappa shape index (κ2) is 8.88. The minimum atomic E-state index is -2.53. The molecule has 2 aliphatic heterocycles. The predicted molar refractivity (Wildman–Crippen MR) is 120 cm³/mol. The van der Waals surface area contributed by atoms with Crippen molar-refractivity contribution in [2.24, 2.45) is 0 Å². The van der Waals surface area contributed by atoms with Crippen molar-refractivity contribution < 1.29 is 13.6 Å². The van der Waals surface area contributed by atoms with E-state index in [-0.39, 0.29) is 29.1 Å². The van der Waals surface area contributed by atoms with Gasteiger partial charge in [0.05, 0.1) is 11.1 Å². The Balaban J connectivity index is 1.20. The third-order valence-electron chi connectivity index (χ3n) is 6.70. The van der Waals surface area contributed by atoms with E-state index in [0.717, 1.165) is 23.9 Å². The molecule has 2 aromatic heterocycles. The Kier molecular flexibility index (Phi) is 5.78. The van der Waals surface area contributed by atoms with Crippen LogP contribution in [0.3, 0.4) is 0 Å². The summed E-state index contributed by atoms with van der Waals surface area (Å²) in [5, 5.41) is 8.18. The Morgan fingerprint density at radius 1 is 1.09 bits per heavy atom. The summed E-state index contributed by atoms with van der Waals surface area (Å²) in [6.45, 7) is 1.32. The molecule has 1 amide bonds. The van der Waals surface area contributed by atoms with E-state index in [1.54, 1.807) is 12.1 Å². The molecule has 0 saturated carbocycles. The fourth-order valence-electron chi connectivity index (χ4n) is 5.11. The predicted octanol–water partition coefficient (Wildman–Crippen LogP) is 3.46. The first-order valence-electron chi connectivity index (χ1n) is 11.3. The van der Waals surface area contributed by atoms with Crippen LogP contribution in [0.25, 0.3) is 10.8 Å². The van der Waals surface area contributed by atoms with Gasteiger partial charge >= 0.3 is 0 Å². The zero-order valence-corrected chi connectivity index (χ0v) is 18.1. The second-order valence-electron chi connectivity index (χ2n) is 8.74. The van der Waals surface area contributed by atoms with Crippen molar-refractivity contribution in [2.45, 2.75) is 50.6 Å². The number of nitrogens with one attached hydrogen (secondary N) is 1. The van der Waals surface area contributed by atoms with Crippen LogP contribution in [-0.2, 0) is 11.2 Å². The van der Waals surface area contributed by atoms with Crippen LogP contribution in [0.1, 0.15) is 43.4 Å². The Labute approximate surface area is 189 Å².